The van der Waals surface area contributed by atoms with Gasteiger partial charge in [0.1, 0.15) is 0 Å². The Morgan fingerprint density at radius 1 is 1.56 bits per heavy atom. The third-order valence-electron chi connectivity index (χ3n) is 2.24. The van der Waals surface area contributed by atoms with Crippen LogP contribution in [0.15, 0.2) is 10.4 Å². The smallest absolute Gasteiger partial charge is 0.313 e. The van der Waals surface area contributed by atoms with E-state index < -0.39 is 5.97 Å². The second kappa shape index (κ2) is 5.49. The predicted octanol–water partition coefficient (Wildman–Crippen LogP) is 1.68. The van der Waals surface area contributed by atoms with Crippen molar-refractivity contribution in [3.8, 4) is 10.7 Å². The first-order valence-corrected chi connectivity index (χ1v) is 7.11. The highest BCUT2D eigenvalue weighted by Gasteiger charge is 2.13. The highest BCUT2D eigenvalue weighted by atomic mass is 32.2. The van der Waals surface area contributed by atoms with Crippen LogP contribution in [0.5, 0.6) is 0 Å². The number of aromatic nitrogens is 4. The molecule has 0 radical (unpaired) electrons. The number of hydrogen-bond acceptors (Lipinski definition) is 6. The molecule has 0 amide bonds. The Morgan fingerprint density at radius 3 is 2.94 bits per heavy atom. The summed E-state index contributed by atoms with van der Waals surface area (Å²) < 4.78 is 2.43. The third kappa shape index (κ3) is 2.88. The van der Waals surface area contributed by atoms with Crippen LogP contribution < -0.4 is 0 Å². The Morgan fingerprint density at radius 2 is 2.33 bits per heavy atom. The first kappa shape index (κ1) is 13.0. The fraction of sp³-hybridized carbons (Fsp3) is 0.400. The Hall–Kier alpha value is -1.41. The molecule has 0 saturated carbocycles. The first-order valence-electron chi connectivity index (χ1n) is 5.31. The first-order chi connectivity index (χ1) is 8.60. The van der Waals surface area contributed by atoms with E-state index in [1.165, 1.54) is 23.1 Å². The molecule has 2 aromatic rings. The van der Waals surface area contributed by atoms with E-state index in [0.717, 1.165) is 22.8 Å². The molecule has 1 N–H and O–H groups in total. The van der Waals surface area contributed by atoms with Crippen molar-refractivity contribution in [3.63, 3.8) is 0 Å². The summed E-state index contributed by atoms with van der Waals surface area (Å²) in [6, 6.07) is 1.98. The lowest BCUT2D eigenvalue weighted by Gasteiger charge is -1.93. The molecule has 0 aliphatic heterocycles. The van der Waals surface area contributed by atoms with E-state index in [-0.39, 0.29) is 5.75 Å². The Balaban J connectivity index is 2.18. The Bertz CT molecular complexity index is 564. The zero-order valence-electron chi connectivity index (χ0n) is 9.95. The van der Waals surface area contributed by atoms with Gasteiger partial charge in [-0.15, -0.1) is 10.2 Å². The summed E-state index contributed by atoms with van der Waals surface area (Å²) in [6.45, 7) is 2.04. The predicted molar refractivity (Wildman–Crippen MR) is 69.8 cm³/mol. The Labute approximate surface area is 112 Å². The average molecular weight is 284 g/mol. The van der Waals surface area contributed by atoms with E-state index in [0.29, 0.717) is 4.34 Å². The van der Waals surface area contributed by atoms with Crippen molar-refractivity contribution in [2.45, 2.75) is 17.7 Å². The third-order valence-corrected chi connectivity index (χ3v) is 4.30. The van der Waals surface area contributed by atoms with Gasteiger partial charge in [-0.05, 0) is 12.5 Å². The lowest BCUT2D eigenvalue weighted by Crippen LogP contribution is -1.96. The molecule has 18 heavy (non-hydrogen) atoms. The van der Waals surface area contributed by atoms with Gasteiger partial charge in [0, 0.05) is 7.05 Å². The monoisotopic (exact) mass is 284 g/mol. The van der Waals surface area contributed by atoms with E-state index in [1.807, 2.05) is 20.0 Å². The van der Waals surface area contributed by atoms with Crippen LogP contribution in [-0.4, -0.2) is 36.8 Å². The fourth-order valence-corrected chi connectivity index (χ4v) is 3.01. The van der Waals surface area contributed by atoms with Crippen molar-refractivity contribution in [1.29, 1.82) is 0 Å². The quantitative estimate of drug-likeness (QED) is 0.841. The van der Waals surface area contributed by atoms with Crippen molar-refractivity contribution < 1.29 is 9.90 Å². The van der Waals surface area contributed by atoms with Crippen LogP contribution in [0, 0.1) is 0 Å². The summed E-state index contributed by atoms with van der Waals surface area (Å²) in [7, 11) is 1.86. The molecule has 0 aromatic carbocycles. The maximum atomic E-state index is 10.5. The van der Waals surface area contributed by atoms with Crippen LogP contribution in [-0.2, 0) is 18.3 Å². The summed E-state index contributed by atoms with van der Waals surface area (Å²) in [5, 5.41) is 21.7. The molecular weight excluding hydrogens is 272 g/mol. The van der Waals surface area contributed by atoms with Gasteiger partial charge in [-0.2, -0.15) is 5.10 Å². The molecule has 0 spiro atoms. The van der Waals surface area contributed by atoms with Crippen LogP contribution in [0.25, 0.3) is 10.7 Å². The molecular formula is C10H12N4O2S2. The molecule has 8 heteroatoms. The van der Waals surface area contributed by atoms with Crippen molar-refractivity contribution in [1.82, 2.24) is 20.0 Å². The van der Waals surface area contributed by atoms with E-state index in [4.69, 9.17) is 5.11 Å². The number of rotatable bonds is 5. The van der Waals surface area contributed by atoms with Gasteiger partial charge < -0.3 is 5.11 Å². The van der Waals surface area contributed by atoms with Crippen LogP contribution in [0.3, 0.4) is 0 Å². The van der Waals surface area contributed by atoms with E-state index in [9.17, 15) is 4.79 Å². The number of thioether (sulfide) groups is 1. The number of hydrogen-bond donors (Lipinski definition) is 1. The molecule has 2 aromatic heterocycles. The molecule has 6 nitrogen and oxygen atoms in total. The minimum absolute atomic E-state index is 0.000228. The van der Waals surface area contributed by atoms with Gasteiger partial charge >= 0.3 is 5.97 Å². The van der Waals surface area contributed by atoms with Crippen molar-refractivity contribution in [3.05, 3.63) is 11.8 Å². The molecule has 0 bridgehead atoms. The van der Waals surface area contributed by atoms with Crippen molar-refractivity contribution in [2.24, 2.45) is 7.05 Å². The number of carboxylic acids is 1. The molecule has 0 unspecified atom stereocenters. The van der Waals surface area contributed by atoms with Gasteiger partial charge in [0.25, 0.3) is 0 Å². The lowest BCUT2D eigenvalue weighted by molar-refractivity contribution is -0.133. The summed E-state index contributed by atoms with van der Waals surface area (Å²) in [6.07, 6.45) is 0.868. The maximum absolute atomic E-state index is 10.5. The molecule has 2 heterocycles. The van der Waals surface area contributed by atoms with Crippen LogP contribution in [0.4, 0.5) is 0 Å². The summed E-state index contributed by atoms with van der Waals surface area (Å²) in [5.74, 6) is -0.856. The second-order valence-corrected chi connectivity index (χ2v) is 5.75. The topological polar surface area (TPSA) is 80.9 Å². The molecule has 0 aliphatic rings. The molecule has 0 aliphatic carbocycles. The summed E-state index contributed by atoms with van der Waals surface area (Å²) in [5.41, 5.74) is 1.91. The van der Waals surface area contributed by atoms with Gasteiger partial charge in [-0.1, -0.05) is 30.0 Å². The highest BCUT2D eigenvalue weighted by molar-refractivity contribution is 8.01. The van der Waals surface area contributed by atoms with Gasteiger partial charge in [-0.25, -0.2) is 0 Å². The normalized spacial score (nSPS) is 10.8. The van der Waals surface area contributed by atoms with Gasteiger partial charge in [0.15, 0.2) is 9.35 Å². The summed E-state index contributed by atoms with van der Waals surface area (Å²) in [4.78, 5) is 10.5. The fourth-order valence-electron chi connectivity index (χ4n) is 1.39. The van der Waals surface area contributed by atoms with Crippen LogP contribution in [0.1, 0.15) is 12.6 Å². The Kier molecular flexibility index (Phi) is 3.97. The molecule has 0 atom stereocenters. The van der Waals surface area contributed by atoms with Gasteiger partial charge in [-0.3, -0.25) is 9.48 Å². The summed E-state index contributed by atoms with van der Waals surface area (Å²) >= 11 is 2.56. The standard InChI is InChI=1S/C10H12N4O2S2/c1-3-6-4-7(14(2)13-6)9-11-12-10(18-9)17-5-8(15)16/h4H,3,5H2,1-2H3,(H,15,16). The lowest BCUT2D eigenvalue weighted by atomic mass is 10.3. The number of aliphatic carboxylic acids is 1. The number of carbonyl (C=O) groups is 1. The number of aryl methyl sites for hydroxylation is 2. The minimum atomic E-state index is -0.856. The molecule has 96 valence electrons. The van der Waals surface area contributed by atoms with E-state index in [2.05, 4.69) is 15.3 Å². The van der Waals surface area contributed by atoms with Crippen LogP contribution >= 0.6 is 23.1 Å². The second-order valence-electron chi connectivity index (χ2n) is 3.55. The number of nitrogens with zero attached hydrogens (tertiary/aromatic N) is 4. The van der Waals surface area contributed by atoms with Crippen molar-refractivity contribution in [2.75, 3.05) is 5.75 Å². The van der Waals surface area contributed by atoms with E-state index >= 15 is 0 Å². The largest absolute Gasteiger partial charge is 0.481 e. The van der Waals surface area contributed by atoms with Gasteiger partial charge in [0.2, 0.25) is 0 Å². The SMILES string of the molecule is CCc1cc(-c2nnc(SCC(=O)O)s2)n(C)n1. The molecule has 2 rings (SSSR count). The van der Waals surface area contributed by atoms with Gasteiger partial charge in [0.05, 0.1) is 17.1 Å². The van der Waals surface area contributed by atoms with E-state index in [1.54, 1.807) is 4.68 Å². The number of carboxylic acid groups (broad SMARTS) is 1. The zero-order valence-corrected chi connectivity index (χ0v) is 11.6. The molecule has 0 fully saturated rings. The van der Waals surface area contributed by atoms with Crippen molar-refractivity contribution >= 4 is 29.1 Å². The average Bonchev–Trinajstić information content (AvgIpc) is 2.92. The highest BCUT2D eigenvalue weighted by Crippen LogP contribution is 2.29. The zero-order chi connectivity index (χ0) is 13.1. The minimum Gasteiger partial charge on any atom is -0.481 e. The van der Waals surface area contributed by atoms with Crippen LogP contribution in [0.2, 0.25) is 0 Å². The maximum Gasteiger partial charge on any atom is 0.313 e. The molecule has 0 saturated heterocycles.